The molecule has 3 aromatic rings. The fraction of sp³-hybridized carbons (Fsp3) is 0.111. The Morgan fingerprint density at radius 1 is 1.22 bits per heavy atom. The number of aromatic nitrogens is 1. The monoisotopic (exact) mass is 321 g/mol. The van der Waals surface area contributed by atoms with Crippen LogP contribution >= 0.6 is 11.3 Å². The molecular weight excluding hydrogens is 306 g/mol. The van der Waals surface area contributed by atoms with Crippen molar-refractivity contribution in [3.05, 3.63) is 69.9 Å². The van der Waals surface area contributed by atoms with Crippen LogP contribution in [0.15, 0.2) is 52.3 Å². The summed E-state index contributed by atoms with van der Waals surface area (Å²) in [6.45, 7) is 0.652. The summed E-state index contributed by atoms with van der Waals surface area (Å²) in [5.41, 5.74) is 1.44. The van der Waals surface area contributed by atoms with E-state index in [0.29, 0.717) is 24.0 Å². The van der Waals surface area contributed by atoms with Crippen molar-refractivity contribution >= 4 is 29.4 Å². The third-order valence-corrected chi connectivity index (χ3v) is 4.11. The normalized spacial score (nSPS) is 10.8. The van der Waals surface area contributed by atoms with Crippen LogP contribution in [0.3, 0.4) is 0 Å². The topological polar surface area (TPSA) is 53.1 Å². The smallest absolute Gasteiger partial charge is 0.235 e. The van der Waals surface area contributed by atoms with E-state index in [-0.39, 0.29) is 0 Å². The van der Waals surface area contributed by atoms with E-state index in [1.165, 1.54) is 0 Å². The standard InChI is InChI=1S/C18H15N3OS/c1-21(13-14-6-3-2-4-7-14)18-16(12-19)20-17(22-18)10-9-15-8-5-11-23-15/h2-11H,13H2,1H3/b10-9+. The number of nitrogens with zero attached hydrogens (tertiary/aromatic N) is 3. The molecule has 23 heavy (non-hydrogen) atoms. The van der Waals surface area contributed by atoms with Gasteiger partial charge in [-0.1, -0.05) is 36.4 Å². The average Bonchev–Trinajstić information content (AvgIpc) is 3.23. The summed E-state index contributed by atoms with van der Waals surface area (Å²) in [7, 11) is 1.89. The molecule has 5 heteroatoms. The molecule has 114 valence electrons. The lowest BCUT2D eigenvalue weighted by molar-refractivity contribution is 0.536. The Morgan fingerprint density at radius 3 is 2.74 bits per heavy atom. The van der Waals surface area contributed by atoms with Gasteiger partial charge in [-0.15, -0.1) is 11.3 Å². The number of benzene rings is 1. The highest BCUT2D eigenvalue weighted by atomic mass is 32.1. The summed E-state index contributed by atoms with van der Waals surface area (Å²) in [6.07, 6.45) is 3.71. The third-order valence-electron chi connectivity index (χ3n) is 3.27. The molecule has 0 fully saturated rings. The fourth-order valence-electron chi connectivity index (χ4n) is 2.20. The summed E-state index contributed by atoms with van der Waals surface area (Å²) < 4.78 is 5.75. The van der Waals surface area contributed by atoms with Crippen molar-refractivity contribution in [2.45, 2.75) is 6.54 Å². The molecule has 0 unspecified atom stereocenters. The van der Waals surface area contributed by atoms with Crippen LogP contribution in [-0.4, -0.2) is 12.0 Å². The molecule has 4 nitrogen and oxygen atoms in total. The molecule has 0 amide bonds. The first-order chi connectivity index (χ1) is 11.3. The zero-order chi connectivity index (χ0) is 16.1. The van der Waals surface area contributed by atoms with Gasteiger partial charge in [-0.2, -0.15) is 10.2 Å². The Kier molecular flexibility index (Phi) is 4.55. The summed E-state index contributed by atoms with van der Waals surface area (Å²) in [5, 5.41) is 11.3. The number of rotatable bonds is 5. The van der Waals surface area contributed by atoms with E-state index in [1.54, 1.807) is 17.4 Å². The Bertz CT molecular complexity index is 829. The van der Waals surface area contributed by atoms with Crippen LogP contribution in [-0.2, 0) is 6.54 Å². The minimum Gasteiger partial charge on any atom is -0.420 e. The molecule has 0 saturated carbocycles. The summed E-state index contributed by atoms with van der Waals surface area (Å²) >= 11 is 1.64. The molecule has 0 atom stereocenters. The van der Waals surface area contributed by atoms with E-state index in [2.05, 4.69) is 11.1 Å². The van der Waals surface area contributed by atoms with E-state index in [4.69, 9.17) is 4.42 Å². The lowest BCUT2D eigenvalue weighted by Crippen LogP contribution is -2.16. The Hall–Kier alpha value is -2.84. The molecule has 0 bridgehead atoms. The van der Waals surface area contributed by atoms with E-state index >= 15 is 0 Å². The molecule has 0 N–H and O–H groups in total. The molecule has 1 aromatic carbocycles. The van der Waals surface area contributed by atoms with Gasteiger partial charge in [0.25, 0.3) is 0 Å². The van der Waals surface area contributed by atoms with Gasteiger partial charge in [0.2, 0.25) is 17.5 Å². The second-order valence-electron chi connectivity index (χ2n) is 5.01. The minimum absolute atomic E-state index is 0.300. The van der Waals surface area contributed by atoms with E-state index < -0.39 is 0 Å². The largest absolute Gasteiger partial charge is 0.420 e. The Morgan fingerprint density at radius 2 is 2.04 bits per heavy atom. The number of oxazole rings is 1. The number of hydrogen-bond donors (Lipinski definition) is 0. The molecule has 0 saturated heterocycles. The average molecular weight is 321 g/mol. The lowest BCUT2D eigenvalue weighted by Gasteiger charge is -2.15. The SMILES string of the molecule is CN(Cc1ccccc1)c1oc(/C=C/c2cccs2)nc1C#N. The molecule has 0 spiro atoms. The summed E-state index contributed by atoms with van der Waals surface area (Å²) in [4.78, 5) is 7.24. The van der Waals surface area contributed by atoms with Gasteiger partial charge in [-0.25, -0.2) is 0 Å². The van der Waals surface area contributed by atoms with Gasteiger partial charge in [0.1, 0.15) is 6.07 Å². The van der Waals surface area contributed by atoms with Gasteiger partial charge in [0.05, 0.1) is 0 Å². The highest BCUT2D eigenvalue weighted by Gasteiger charge is 2.16. The first-order valence-electron chi connectivity index (χ1n) is 7.14. The maximum absolute atomic E-state index is 9.28. The molecule has 0 aliphatic carbocycles. The molecule has 2 heterocycles. The predicted molar refractivity (Wildman–Crippen MR) is 93.0 cm³/mol. The summed E-state index contributed by atoms with van der Waals surface area (Å²) in [6, 6.07) is 16.1. The minimum atomic E-state index is 0.300. The fourth-order valence-corrected chi connectivity index (χ4v) is 2.82. The molecular formula is C18H15N3OS. The van der Waals surface area contributed by atoms with E-state index in [9.17, 15) is 5.26 Å². The zero-order valence-electron chi connectivity index (χ0n) is 12.6. The van der Waals surface area contributed by atoms with E-state index in [0.717, 1.165) is 10.4 Å². The number of nitriles is 1. The van der Waals surface area contributed by atoms with Crippen molar-refractivity contribution < 1.29 is 4.42 Å². The molecule has 3 rings (SSSR count). The van der Waals surface area contributed by atoms with Gasteiger partial charge in [-0.3, -0.25) is 0 Å². The summed E-state index contributed by atoms with van der Waals surface area (Å²) in [5.74, 6) is 0.923. The van der Waals surface area contributed by atoms with Crippen LogP contribution in [0.5, 0.6) is 0 Å². The van der Waals surface area contributed by atoms with Crippen LogP contribution in [0.2, 0.25) is 0 Å². The Balaban J connectivity index is 1.80. The first-order valence-corrected chi connectivity index (χ1v) is 8.02. The second kappa shape index (κ2) is 6.95. The quantitative estimate of drug-likeness (QED) is 0.698. The Labute approximate surface area is 138 Å². The van der Waals surface area contributed by atoms with Crippen molar-refractivity contribution in [2.24, 2.45) is 0 Å². The van der Waals surface area contributed by atoms with Crippen LogP contribution in [0.1, 0.15) is 22.0 Å². The van der Waals surface area contributed by atoms with Gasteiger partial charge >= 0.3 is 0 Å². The van der Waals surface area contributed by atoms with Crippen LogP contribution in [0.25, 0.3) is 12.2 Å². The first kappa shape index (κ1) is 15.1. The van der Waals surface area contributed by atoms with Gasteiger partial charge in [0, 0.05) is 24.5 Å². The molecule has 0 aliphatic rings. The van der Waals surface area contributed by atoms with Crippen molar-refractivity contribution in [1.29, 1.82) is 5.26 Å². The number of hydrogen-bond acceptors (Lipinski definition) is 5. The van der Waals surface area contributed by atoms with Crippen molar-refractivity contribution in [3.8, 4) is 6.07 Å². The van der Waals surface area contributed by atoms with Crippen molar-refractivity contribution in [2.75, 3.05) is 11.9 Å². The van der Waals surface area contributed by atoms with Crippen LogP contribution < -0.4 is 4.90 Å². The van der Waals surface area contributed by atoms with Crippen LogP contribution in [0.4, 0.5) is 5.88 Å². The van der Waals surface area contributed by atoms with Gasteiger partial charge in [-0.05, 0) is 23.1 Å². The van der Waals surface area contributed by atoms with E-state index in [1.807, 2.05) is 65.9 Å². The van der Waals surface area contributed by atoms with Crippen molar-refractivity contribution in [1.82, 2.24) is 4.98 Å². The van der Waals surface area contributed by atoms with Crippen molar-refractivity contribution in [3.63, 3.8) is 0 Å². The third kappa shape index (κ3) is 3.68. The maximum Gasteiger partial charge on any atom is 0.235 e. The highest BCUT2D eigenvalue weighted by molar-refractivity contribution is 7.10. The van der Waals surface area contributed by atoms with Crippen LogP contribution in [0, 0.1) is 11.3 Å². The second-order valence-corrected chi connectivity index (χ2v) is 5.99. The number of thiophene rings is 1. The zero-order valence-corrected chi connectivity index (χ0v) is 13.5. The number of anilines is 1. The lowest BCUT2D eigenvalue weighted by atomic mass is 10.2. The molecule has 2 aromatic heterocycles. The molecule has 0 aliphatic heterocycles. The van der Waals surface area contributed by atoms with Gasteiger partial charge < -0.3 is 9.32 Å². The highest BCUT2D eigenvalue weighted by Crippen LogP contribution is 2.23. The van der Waals surface area contributed by atoms with Gasteiger partial charge in [0.15, 0.2) is 0 Å². The molecule has 0 radical (unpaired) electrons. The predicted octanol–water partition coefficient (Wildman–Crippen LogP) is 4.41. The maximum atomic E-state index is 9.28.